The predicted molar refractivity (Wildman–Crippen MR) is 108 cm³/mol. The molecule has 0 saturated heterocycles. The summed E-state index contributed by atoms with van der Waals surface area (Å²) in [7, 11) is 3.09. The molecule has 0 bridgehead atoms. The van der Waals surface area contributed by atoms with Crippen molar-refractivity contribution in [1.82, 2.24) is 9.97 Å². The van der Waals surface area contributed by atoms with Crippen LogP contribution < -0.4 is 9.47 Å². The highest BCUT2D eigenvalue weighted by Gasteiger charge is 2.15. The fourth-order valence-electron chi connectivity index (χ4n) is 2.94. The third-order valence-corrected chi connectivity index (χ3v) is 4.75. The first-order valence-corrected chi connectivity index (χ1v) is 9.22. The molecule has 1 aromatic heterocycles. The number of benzene rings is 2. The van der Waals surface area contributed by atoms with Gasteiger partial charge in [0.2, 0.25) is 0 Å². The Hall–Kier alpha value is -2.92. The van der Waals surface area contributed by atoms with Crippen LogP contribution in [0.15, 0.2) is 54.9 Å². The molecule has 144 valence electrons. The third-order valence-electron chi connectivity index (χ3n) is 4.32. The Balaban J connectivity index is 1.71. The Labute approximate surface area is 169 Å². The molecule has 2 aromatic carbocycles. The van der Waals surface area contributed by atoms with Crippen LogP contribution in [0.1, 0.15) is 22.5 Å². The summed E-state index contributed by atoms with van der Waals surface area (Å²) in [6.07, 6.45) is 2.58. The summed E-state index contributed by atoms with van der Waals surface area (Å²) in [6, 6.07) is 15.4. The van der Waals surface area contributed by atoms with E-state index in [2.05, 4.69) is 9.97 Å². The lowest BCUT2D eigenvalue weighted by Crippen LogP contribution is -2.09. The summed E-state index contributed by atoms with van der Waals surface area (Å²) >= 11 is 6.34. The zero-order chi connectivity index (χ0) is 19.9. The SMILES string of the molecule is COc1cc(CC(=O)Cc2cc(Cc3ccccc3)ncn2)c(Cl)c(OC)c1. The fourth-order valence-corrected chi connectivity index (χ4v) is 3.19. The summed E-state index contributed by atoms with van der Waals surface area (Å²) in [5.41, 5.74) is 3.40. The lowest BCUT2D eigenvalue weighted by Gasteiger charge is -2.11. The largest absolute Gasteiger partial charge is 0.497 e. The molecule has 0 amide bonds. The van der Waals surface area contributed by atoms with Crippen molar-refractivity contribution in [2.45, 2.75) is 19.3 Å². The van der Waals surface area contributed by atoms with Gasteiger partial charge in [-0.05, 0) is 23.3 Å². The first-order chi connectivity index (χ1) is 13.6. The van der Waals surface area contributed by atoms with E-state index >= 15 is 0 Å². The van der Waals surface area contributed by atoms with E-state index in [0.29, 0.717) is 34.2 Å². The first kappa shape index (κ1) is 19.8. The molecule has 0 N–H and O–H groups in total. The minimum absolute atomic E-state index is 0.00145. The number of Topliss-reactive ketones (excluding diaryl/α,β-unsaturated/α-hetero) is 1. The van der Waals surface area contributed by atoms with Crippen LogP contribution >= 0.6 is 11.6 Å². The number of aromatic nitrogens is 2. The van der Waals surface area contributed by atoms with Crippen LogP contribution in [0.25, 0.3) is 0 Å². The van der Waals surface area contributed by atoms with Crippen LogP contribution in [-0.4, -0.2) is 30.0 Å². The van der Waals surface area contributed by atoms with E-state index in [1.54, 1.807) is 19.2 Å². The number of carbonyl (C=O) groups is 1. The Kier molecular flexibility index (Phi) is 6.61. The second-order valence-electron chi connectivity index (χ2n) is 6.36. The molecule has 0 aliphatic carbocycles. The molecular formula is C22H21ClN2O3. The highest BCUT2D eigenvalue weighted by atomic mass is 35.5. The molecule has 0 fully saturated rings. The molecule has 0 unspecified atom stereocenters. The zero-order valence-electron chi connectivity index (χ0n) is 15.8. The summed E-state index contributed by atoms with van der Waals surface area (Å²) < 4.78 is 10.5. The molecule has 0 atom stereocenters. The maximum Gasteiger partial charge on any atom is 0.143 e. The number of rotatable bonds is 8. The van der Waals surface area contributed by atoms with Gasteiger partial charge in [-0.1, -0.05) is 41.9 Å². The van der Waals surface area contributed by atoms with E-state index in [-0.39, 0.29) is 18.6 Å². The molecular weight excluding hydrogens is 376 g/mol. The smallest absolute Gasteiger partial charge is 0.143 e. The van der Waals surface area contributed by atoms with Crippen molar-refractivity contribution in [3.8, 4) is 11.5 Å². The second-order valence-corrected chi connectivity index (χ2v) is 6.74. The van der Waals surface area contributed by atoms with Gasteiger partial charge in [-0.3, -0.25) is 4.79 Å². The molecule has 0 saturated carbocycles. The molecule has 0 aliphatic heterocycles. The normalized spacial score (nSPS) is 10.5. The Morgan fingerprint density at radius 3 is 2.43 bits per heavy atom. The first-order valence-electron chi connectivity index (χ1n) is 8.85. The highest BCUT2D eigenvalue weighted by Crippen LogP contribution is 2.33. The number of hydrogen-bond acceptors (Lipinski definition) is 5. The van der Waals surface area contributed by atoms with Crippen molar-refractivity contribution in [2.75, 3.05) is 14.2 Å². The monoisotopic (exact) mass is 396 g/mol. The summed E-state index contributed by atoms with van der Waals surface area (Å²) in [4.78, 5) is 21.1. The summed E-state index contributed by atoms with van der Waals surface area (Å²) in [5, 5.41) is 0.420. The number of nitrogens with zero attached hydrogens (tertiary/aromatic N) is 2. The molecule has 1 heterocycles. The van der Waals surface area contributed by atoms with Gasteiger partial charge in [0.05, 0.1) is 24.9 Å². The van der Waals surface area contributed by atoms with Gasteiger partial charge in [0.1, 0.15) is 23.6 Å². The molecule has 0 radical (unpaired) electrons. The van der Waals surface area contributed by atoms with Crippen LogP contribution in [-0.2, 0) is 24.1 Å². The fraction of sp³-hybridized carbons (Fsp3) is 0.227. The molecule has 0 aliphatic rings. The van der Waals surface area contributed by atoms with Gasteiger partial charge in [-0.25, -0.2) is 9.97 Å². The predicted octanol–water partition coefficient (Wildman–Crippen LogP) is 4.09. The Bertz CT molecular complexity index is 961. The van der Waals surface area contributed by atoms with E-state index < -0.39 is 0 Å². The van der Waals surface area contributed by atoms with Crippen LogP contribution in [0, 0.1) is 0 Å². The molecule has 28 heavy (non-hydrogen) atoms. The maximum absolute atomic E-state index is 12.6. The third kappa shape index (κ3) is 5.08. The lowest BCUT2D eigenvalue weighted by molar-refractivity contribution is -0.117. The standard InChI is InChI=1S/C22H21ClN2O3/c1-27-20-10-16(22(23)21(13-20)28-2)9-19(26)12-18-11-17(24-14-25-18)8-15-6-4-3-5-7-15/h3-7,10-11,13-14H,8-9,12H2,1-2H3. The zero-order valence-corrected chi connectivity index (χ0v) is 16.6. The topological polar surface area (TPSA) is 61.3 Å². The van der Waals surface area contributed by atoms with Gasteiger partial charge in [0, 0.05) is 31.0 Å². The minimum Gasteiger partial charge on any atom is -0.497 e. The molecule has 0 spiro atoms. The Morgan fingerprint density at radius 1 is 0.964 bits per heavy atom. The van der Waals surface area contributed by atoms with E-state index in [1.807, 2.05) is 36.4 Å². The van der Waals surface area contributed by atoms with Gasteiger partial charge in [-0.2, -0.15) is 0 Å². The van der Waals surface area contributed by atoms with Crippen LogP contribution in [0.2, 0.25) is 5.02 Å². The van der Waals surface area contributed by atoms with Crippen molar-refractivity contribution >= 4 is 17.4 Å². The van der Waals surface area contributed by atoms with Gasteiger partial charge >= 0.3 is 0 Å². The number of carbonyl (C=O) groups excluding carboxylic acids is 1. The van der Waals surface area contributed by atoms with Crippen LogP contribution in [0.5, 0.6) is 11.5 Å². The van der Waals surface area contributed by atoms with Crippen molar-refractivity contribution < 1.29 is 14.3 Å². The van der Waals surface area contributed by atoms with E-state index in [1.165, 1.54) is 13.4 Å². The minimum atomic E-state index is 0.00145. The van der Waals surface area contributed by atoms with E-state index in [4.69, 9.17) is 21.1 Å². The van der Waals surface area contributed by atoms with Gasteiger partial charge in [0.25, 0.3) is 0 Å². The summed E-state index contributed by atoms with van der Waals surface area (Å²) in [6.45, 7) is 0. The number of methoxy groups -OCH3 is 2. The van der Waals surface area contributed by atoms with Crippen molar-refractivity contribution in [3.05, 3.63) is 82.4 Å². The number of ketones is 1. The number of ether oxygens (including phenoxy) is 2. The summed E-state index contributed by atoms with van der Waals surface area (Å²) in [5.74, 6) is 1.08. The van der Waals surface area contributed by atoms with Crippen molar-refractivity contribution in [3.63, 3.8) is 0 Å². The average molecular weight is 397 g/mol. The number of hydrogen-bond donors (Lipinski definition) is 0. The Morgan fingerprint density at radius 2 is 1.71 bits per heavy atom. The van der Waals surface area contributed by atoms with E-state index in [9.17, 15) is 4.79 Å². The average Bonchev–Trinajstić information content (AvgIpc) is 2.70. The molecule has 3 rings (SSSR count). The van der Waals surface area contributed by atoms with Crippen molar-refractivity contribution in [2.24, 2.45) is 0 Å². The highest BCUT2D eigenvalue weighted by molar-refractivity contribution is 6.33. The van der Waals surface area contributed by atoms with Crippen LogP contribution in [0.4, 0.5) is 0 Å². The quantitative estimate of drug-likeness (QED) is 0.573. The lowest BCUT2D eigenvalue weighted by atomic mass is 10.0. The van der Waals surface area contributed by atoms with Gasteiger partial charge in [-0.15, -0.1) is 0 Å². The molecule has 5 nitrogen and oxygen atoms in total. The number of halogens is 1. The van der Waals surface area contributed by atoms with Gasteiger partial charge in [0.15, 0.2) is 0 Å². The van der Waals surface area contributed by atoms with Gasteiger partial charge < -0.3 is 9.47 Å². The van der Waals surface area contributed by atoms with E-state index in [0.717, 1.165) is 11.3 Å². The van der Waals surface area contributed by atoms with Crippen molar-refractivity contribution in [1.29, 1.82) is 0 Å². The maximum atomic E-state index is 12.6. The molecule has 3 aromatic rings. The second kappa shape index (κ2) is 9.33. The molecule has 6 heteroatoms. The van der Waals surface area contributed by atoms with Crippen LogP contribution in [0.3, 0.4) is 0 Å².